The van der Waals surface area contributed by atoms with E-state index in [4.69, 9.17) is 11.6 Å². The van der Waals surface area contributed by atoms with Gasteiger partial charge in [0.05, 0.1) is 5.02 Å². The zero-order valence-corrected chi connectivity index (χ0v) is 13.6. The first-order chi connectivity index (χ1) is 10.1. The zero-order valence-electron chi connectivity index (χ0n) is 12.1. The van der Waals surface area contributed by atoms with Gasteiger partial charge in [-0.1, -0.05) is 37.2 Å². The Hall–Kier alpha value is -1.10. The molecule has 0 bridgehead atoms. The highest BCUT2D eigenvalue weighted by atomic mass is 35.5. The van der Waals surface area contributed by atoms with Gasteiger partial charge in [0.25, 0.3) is 0 Å². The van der Waals surface area contributed by atoms with Gasteiger partial charge in [-0.25, -0.2) is 9.37 Å². The third-order valence-electron chi connectivity index (χ3n) is 2.82. The maximum atomic E-state index is 13.5. The third-order valence-corrected chi connectivity index (χ3v) is 4.38. The van der Waals surface area contributed by atoms with Crippen molar-refractivity contribution in [3.05, 3.63) is 52.9 Å². The molecular weight excluding hydrogens is 307 g/mol. The Kier molecular flexibility index (Phi) is 6.03. The number of hydrogen-bond acceptors (Lipinski definition) is 3. The molecule has 0 saturated heterocycles. The van der Waals surface area contributed by atoms with Gasteiger partial charge in [0.2, 0.25) is 0 Å². The largest absolute Gasteiger partial charge is 0.312 e. The summed E-state index contributed by atoms with van der Waals surface area (Å²) in [6, 6.07) is 8.40. The van der Waals surface area contributed by atoms with E-state index < -0.39 is 0 Å². The summed E-state index contributed by atoms with van der Waals surface area (Å²) >= 11 is 7.59. The number of hydrogen-bond donors (Lipinski definition) is 1. The van der Waals surface area contributed by atoms with Gasteiger partial charge in [-0.2, -0.15) is 0 Å². The Morgan fingerprint density at radius 1 is 1.33 bits per heavy atom. The van der Waals surface area contributed by atoms with Crippen molar-refractivity contribution in [1.29, 1.82) is 0 Å². The van der Waals surface area contributed by atoms with Crippen LogP contribution in [0.15, 0.2) is 46.5 Å². The van der Waals surface area contributed by atoms with E-state index in [9.17, 15) is 4.39 Å². The van der Waals surface area contributed by atoms with Crippen molar-refractivity contribution in [2.45, 2.75) is 30.3 Å². The Balaban J connectivity index is 2.16. The van der Waals surface area contributed by atoms with Crippen LogP contribution in [-0.2, 0) is 6.54 Å². The standard InChI is InChI=1S/C16H18ClFN2S/c1-11(2)9-19-10-12-8-13(18)5-6-15(12)21-16-14(17)4-3-7-20-16/h3-8,11,19H,9-10H2,1-2H3. The van der Waals surface area contributed by atoms with Gasteiger partial charge >= 0.3 is 0 Å². The average Bonchev–Trinajstić information content (AvgIpc) is 2.43. The van der Waals surface area contributed by atoms with E-state index in [2.05, 4.69) is 24.1 Å². The molecule has 112 valence electrons. The van der Waals surface area contributed by atoms with E-state index in [0.29, 0.717) is 17.5 Å². The van der Waals surface area contributed by atoms with Crippen LogP contribution in [0.1, 0.15) is 19.4 Å². The minimum atomic E-state index is -0.229. The minimum absolute atomic E-state index is 0.229. The Bertz CT molecular complexity index is 605. The summed E-state index contributed by atoms with van der Waals surface area (Å²) < 4.78 is 13.5. The van der Waals surface area contributed by atoms with Gasteiger partial charge in [0.15, 0.2) is 0 Å². The molecule has 0 atom stereocenters. The summed E-state index contributed by atoms with van der Waals surface area (Å²) in [7, 11) is 0. The highest BCUT2D eigenvalue weighted by molar-refractivity contribution is 7.99. The van der Waals surface area contributed by atoms with E-state index >= 15 is 0 Å². The van der Waals surface area contributed by atoms with Crippen molar-refractivity contribution in [3.8, 4) is 0 Å². The predicted molar refractivity (Wildman–Crippen MR) is 86.3 cm³/mol. The monoisotopic (exact) mass is 324 g/mol. The topological polar surface area (TPSA) is 24.9 Å². The van der Waals surface area contributed by atoms with E-state index in [0.717, 1.165) is 22.0 Å². The molecule has 0 aliphatic carbocycles. The van der Waals surface area contributed by atoms with Crippen molar-refractivity contribution in [2.24, 2.45) is 5.92 Å². The molecule has 1 aromatic heterocycles. The number of nitrogens with one attached hydrogen (secondary N) is 1. The maximum absolute atomic E-state index is 13.5. The SMILES string of the molecule is CC(C)CNCc1cc(F)ccc1Sc1ncccc1Cl. The summed E-state index contributed by atoms with van der Waals surface area (Å²) in [6.45, 7) is 5.80. The second kappa shape index (κ2) is 7.78. The van der Waals surface area contributed by atoms with E-state index in [1.165, 1.54) is 17.8 Å². The molecule has 0 aliphatic heterocycles. The lowest BCUT2D eigenvalue weighted by molar-refractivity contribution is 0.547. The molecule has 1 aromatic carbocycles. The molecule has 0 unspecified atom stereocenters. The summed E-state index contributed by atoms with van der Waals surface area (Å²) in [5.41, 5.74) is 0.919. The van der Waals surface area contributed by atoms with Gasteiger partial charge in [-0.3, -0.25) is 0 Å². The summed E-state index contributed by atoms with van der Waals surface area (Å²) in [6.07, 6.45) is 1.70. The van der Waals surface area contributed by atoms with Crippen LogP contribution in [0.4, 0.5) is 4.39 Å². The summed E-state index contributed by atoms with van der Waals surface area (Å²) in [5.74, 6) is 0.327. The normalized spacial score (nSPS) is 11.1. The molecule has 2 aromatic rings. The van der Waals surface area contributed by atoms with Crippen molar-refractivity contribution >= 4 is 23.4 Å². The first-order valence-corrected chi connectivity index (χ1v) is 8.03. The minimum Gasteiger partial charge on any atom is -0.312 e. The molecule has 1 heterocycles. The van der Waals surface area contributed by atoms with E-state index in [-0.39, 0.29) is 5.82 Å². The number of aromatic nitrogens is 1. The van der Waals surface area contributed by atoms with Crippen LogP contribution in [0.25, 0.3) is 0 Å². The second-order valence-electron chi connectivity index (χ2n) is 5.17. The molecule has 2 nitrogen and oxygen atoms in total. The fraction of sp³-hybridized carbons (Fsp3) is 0.312. The summed E-state index contributed by atoms with van der Waals surface area (Å²) in [4.78, 5) is 5.23. The number of rotatable bonds is 6. The highest BCUT2D eigenvalue weighted by Gasteiger charge is 2.09. The quantitative estimate of drug-likeness (QED) is 0.828. The average molecular weight is 325 g/mol. The molecule has 0 aliphatic rings. The number of benzene rings is 1. The molecule has 0 fully saturated rings. The summed E-state index contributed by atoms with van der Waals surface area (Å²) in [5, 5.41) is 4.67. The van der Waals surface area contributed by atoms with Crippen LogP contribution in [0.3, 0.4) is 0 Å². The number of pyridine rings is 1. The Labute approximate surface area is 134 Å². The van der Waals surface area contributed by atoms with Crippen molar-refractivity contribution in [3.63, 3.8) is 0 Å². The first kappa shape index (κ1) is 16.3. The lowest BCUT2D eigenvalue weighted by Crippen LogP contribution is -2.19. The van der Waals surface area contributed by atoms with Crippen LogP contribution in [-0.4, -0.2) is 11.5 Å². The van der Waals surface area contributed by atoms with Gasteiger partial charge in [-0.05, 0) is 48.4 Å². The smallest absolute Gasteiger partial charge is 0.123 e. The fourth-order valence-electron chi connectivity index (χ4n) is 1.83. The maximum Gasteiger partial charge on any atom is 0.123 e. The zero-order chi connectivity index (χ0) is 15.2. The molecule has 21 heavy (non-hydrogen) atoms. The van der Waals surface area contributed by atoms with Crippen LogP contribution in [0, 0.1) is 11.7 Å². The molecular formula is C16H18ClFN2S. The molecule has 0 amide bonds. The molecule has 2 rings (SSSR count). The Morgan fingerprint density at radius 2 is 2.14 bits per heavy atom. The molecule has 0 spiro atoms. The first-order valence-electron chi connectivity index (χ1n) is 6.84. The number of halogens is 2. The molecule has 0 saturated carbocycles. The van der Waals surface area contributed by atoms with E-state index in [1.54, 1.807) is 30.5 Å². The van der Waals surface area contributed by atoms with Gasteiger partial charge in [-0.15, -0.1) is 0 Å². The lowest BCUT2D eigenvalue weighted by Gasteiger charge is -2.12. The van der Waals surface area contributed by atoms with Crippen LogP contribution in [0.5, 0.6) is 0 Å². The predicted octanol–water partition coefficient (Wildman–Crippen LogP) is 4.77. The molecule has 5 heteroatoms. The van der Waals surface area contributed by atoms with Gasteiger partial charge in [0.1, 0.15) is 10.8 Å². The van der Waals surface area contributed by atoms with Crippen molar-refractivity contribution in [1.82, 2.24) is 10.3 Å². The lowest BCUT2D eigenvalue weighted by atomic mass is 10.2. The third kappa shape index (κ3) is 4.99. The van der Waals surface area contributed by atoms with E-state index in [1.807, 2.05) is 0 Å². The second-order valence-corrected chi connectivity index (χ2v) is 6.61. The molecule has 0 radical (unpaired) electrons. The van der Waals surface area contributed by atoms with Crippen LogP contribution in [0.2, 0.25) is 5.02 Å². The van der Waals surface area contributed by atoms with Gasteiger partial charge < -0.3 is 5.32 Å². The highest BCUT2D eigenvalue weighted by Crippen LogP contribution is 2.33. The van der Waals surface area contributed by atoms with Crippen LogP contribution < -0.4 is 5.32 Å². The van der Waals surface area contributed by atoms with Crippen LogP contribution >= 0.6 is 23.4 Å². The van der Waals surface area contributed by atoms with Gasteiger partial charge in [0, 0.05) is 17.6 Å². The van der Waals surface area contributed by atoms with Crippen molar-refractivity contribution in [2.75, 3.05) is 6.54 Å². The fourth-order valence-corrected chi connectivity index (χ4v) is 2.95. The van der Waals surface area contributed by atoms with Crippen molar-refractivity contribution < 1.29 is 4.39 Å². The molecule has 1 N–H and O–H groups in total. The Morgan fingerprint density at radius 3 is 2.86 bits per heavy atom. The number of nitrogens with zero attached hydrogens (tertiary/aromatic N) is 1.